The van der Waals surface area contributed by atoms with E-state index >= 15 is 0 Å². The Morgan fingerprint density at radius 3 is 2.83 bits per heavy atom. The number of aromatic nitrogens is 3. The number of nitrogens with zero attached hydrogens (tertiary/aromatic N) is 3. The zero-order valence-corrected chi connectivity index (χ0v) is 10.6. The predicted octanol–water partition coefficient (Wildman–Crippen LogP) is 2.94. The molecule has 0 aliphatic carbocycles. The van der Waals surface area contributed by atoms with Crippen molar-refractivity contribution in [1.82, 2.24) is 14.6 Å². The van der Waals surface area contributed by atoms with E-state index in [1.54, 1.807) is 10.8 Å². The molecule has 3 nitrogen and oxygen atoms in total. The largest absolute Gasteiger partial charge is 0.221 e. The highest BCUT2D eigenvalue weighted by atomic mass is 15.3. The second-order valence-electron chi connectivity index (χ2n) is 4.70. The van der Waals surface area contributed by atoms with Gasteiger partial charge in [-0.25, -0.2) is 9.50 Å². The molecule has 0 amide bonds. The maximum absolute atomic E-state index is 4.21. The highest BCUT2D eigenvalue weighted by Crippen LogP contribution is 2.16. The molecule has 2 aromatic heterocycles. The molecular formula is C15H15N3. The van der Waals surface area contributed by atoms with Crippen LogP contribution in [0.4, 0.5) is 0 Å². The van der Waals surface area contributed by atoms with Gasteiger partial charge >= 0.3 is 0 Å². The van der Waals surface area contributed by atoms with E-state index in [4.69, 9.17) is 0 Å². The number of pyridine rings is 1. The SMILES string of the molecule is Cc1ccc(Cc2ccn3ncnc3c2)c(C)c1. The number of hydrogen-bond acceptors (Lipinski definition) is 2. The molecule has 0 unspecified atom stereocenters. The van der Waals surface area contributed by atoms with E-state index in [0.717, 1.165) is 12.1 Å². The topological polar surface area (TPSA) is 30.2 Å². The first-order valence-corrected chi connectivity index (χ1v) is 6.07. The Kier molecular flexibility index (Phi) is 2.59. The van der Waals surface area contributed by atoms with E-state index in [2.05, 4.69) is 54.3 Å². The molecular weight excluding hydrogens is 222 g/mol. The van der Waals surface area contributed by atoms with Crippen molar-refractivity contribution in [3.05, 3.63) is 65.1 Å². The summed E-state index contributed by atoms with van der Waals surface area (Å²) >= 11 is 0. The Morgan fingerprint density at radius 2 is 2.00 bits per heavy atom. The summed E-state index contributed by atoms with van der Waals surface area (Å²) < 4.78 is 1.78. The van der Waals surface area contributed by atoms with Gasteiger partial charge in [-0.05, 0) is 49.1 Å². The van der Waals surface area contributed by atoms with E-state index < -0.39 is 0 Å². The van der Waals surface area contributed by atoms with Crippen LogP contribution in [-0.2, 0) is 6.42 Å². The summed E-state index contributed by atoms with van der Waals surface area (Å²) in [5, 5.41) is 4.10. The standard InChI is InChI=1S/C15H15N3/c1-11-3-4-14(12(2)7-11)8-13-5-6-18-15(9-13)16-10-17-18/h3-7,9-10H,8H2,1-2H3. The van der Waals surface area contributed by atoms with Crippen LogP contribution in [0.2, 0.25) is 0 Å². The summed E-state index contributed by atoms with van der Waals surface area (Å²) in [4.78, 5) is 4.21. The number of rotatable bonds is 2. The van der Waals surface area contributed by atoms with Crippen molar-refractivity contribution in [3.63, 3.8) is 0 Å². The number of aryl methyl sites for hydroxylation is 2. The summed E-state index contributed by atoms with van der Waals surface area (Å²) in [7, 11) is 0. The summed E-state index contributed by atoms with van der Waals surface area (Å²) in [5.74, 6) is 0. The third-order valence-electron chi connectivity index (χ3n) is 3.24. The number of hydrogen-bond donors (Lipinski definition) is 0. The Morgan fingerprint density at radius 1 is 1.11 bits per heavy atom. The van der Waals surface area contributed by atoms with Crippen LogP contribution in [0.25, 0.3) is 5.65 Å². The molecule has 3 rings (SSSR count). The van der Waals surface area contributed by atoms with Crippen LogP contribution < -0.4 is 0 Å². The van der Waals surface area contributed by atoms with Crippen molar-refractivity contribution in [2.24, 2.45) is 0 Å². The maximum atomic E-state index is 4.21. The summed E-state index contributed by atoms with van der Waals surface area (Å²) in [6, 6.07) is 10.8. The molecule has 0 saturated heterocycles. The fraction of sp³-hybridized carbons (Fsp3) is 0.200. The van der Waals surface area contributed by atoms with Crippen molar-refractivity contribution in [3.8, 4) is 0 Å². The second kappa shape index (κ2) is 4.26. The molecule has 3 heteroatoms. The number of benzene rings is 1. The average Bonchev–Trinajstić information content (AvgIpc) is 2.80. The average molecular weight is 237 g/mol. The first-order chi connectivity index (χ1) is 8.72. The lowest BCUT2D eigenvalue weighted by Gasteiger charge is -2.07. The molecule has 0 radical (unpaired) electrons. The van der Waals surface area contributed by atoms with Gasteiger partial charge in [-0.2, -0.15) is 5.10 Å². The highest BCUT2D eigenvalue weighted by molar-refractivity contribution is 5.42. The van der Waals surface area contributed by atoms with Crippen LogP contribution in [0.15, 0.2) is 42.9 Å². The van der Waals surface area contributed by atoms with E-state index in [9.17, 15) is 0 Å². The monoisotopic (exact) mass is 237 g/mol. The molecule has 0 bridgehead atoms. The normalized spacial score (nSPS) is 11.0. The molecule has 0 saturated carbocycles. The minimum atomic E-state index is 0.900. The first-order valence-electron chi connectivity index (χ1n) is 6.07. The molecule has 0 atom stereocenters. The molecule has 1 aromatic carbocycles. The third kappa shape index (κ3) is 1.99. The van der Waals surface area contributed by atoms with Gasteiger partial charge in [-0.15, -0.1) is 0 Å². The minimum absolute atomic E-state index is 0.900. The van der Waals surface area contributed by atoms with Crippen LogP contribution >= 0.6 is 0 Å². The molecule has 0 aliphatic heterocycles. The quantitative estimate of drug-likeness (QED) is 0.686. The third-order valence-corrected chi connectivity index (χ3v) is 3.24. The van der Waals surface area contributed by atoms with Gasteiger partial charge in [0.25, 0.3) is 0 Å². The van der Waals surface area contributed by atoms with Crippen molar-refractivity contribution in [2.75, 3.05) is 0 Å². The van der Waals surface area contributed by atoms with Crippen LogP contribution in [0.1, 0.15) is 22.3 Å². The predicted molar refractivity (Wildman–Crippen MR) is 71.7 cm³/mol. The zero-order chi connectivity index (χ0) is 12.5. The van der Waals surface area contributed by atoms with Crippen LogP contribution in [0, 0.1) is 13.8 Å². The molecule has 0 N–H and O–H groups in total. The molecule has 0 fully saturated rings. The van der Waals surface area contributed by atoms with Crippen LogP contribution in [0.3, 0.4) is 0 Å². The van der Waals surface area contributed by atoms with E-state index in [-0.39, 0.29) is 0 Å². The molecule has 0 spiro atoms. The van der Waals surface area contributed by atoms with Gasteiger partial charge < -0.3 is 0 Å². The van der Waals surface area contributed by atoms with E-state index in [0.29, 0.717) is 0 Å². The van der Waals surface area contributed by atoms with Crippen LogP contribution in [0.5, 0.6) is 0 Å². The Balaban J connectivity index is 1.95. The van der Waals surface area contributed by atoms with Crippen molar-refractivity contribution >= 4 is 5.65 Å². The van der Waals surface area contributed by atoms with Crippen molar-refractivity contribution < 1.29 is 0 Å². The smallest absolute Gasteiger partial charge is 0.155 e. The molecule has 2 heterocycles. The summed E-state index contributed by atoms with van der Waals surface area (Å²) in [5.41, 5.74) is 6.18. The van der Waals surface area contributed by atoms with E-state index in [1.807, 2.05) is 6.20 Å². The van der Waals surface area contributed by atoms with Crippen molar-refractivity contribution in [2.45, 2.75) is 20.3 Å². The lowest BCUT2D eigenvalue weighted by molar-refractivity contribution is 0.953. The second-order valence-corrected chi connectivity index (χ2v) is 4.70. The first kappa shape index (κ1) is 11.0. The summed E-state index contributed by atoms with van der Waals surface area (Å²) in [6.45, 7) is 4.29. The maximum Gasteiger partial charge on any atom is 0.155 e. The molecule has 18 heavy (non-hydrogen) atoms. The summed E-state index contributed by atoms with van der Waals surface area (Å²) in [6.07, 6.45) is 4.48. The van der Waals surface area contributed by atoms with Gasteiger partial charge in [-0.3, -0.25) is 0 Å². The Labute approximate surface area is 106 Å². The molecule has 90 valence electrons. The zero-order valence-electron chi connectivity index (χ0n) is 10.6. The van der Waals surface area contributed by atoms with Gasteiger partial charge in [0.15, 0.2) is 5.65 Å². The molecule has 0 aliphatic rings. The fourth-order valence-corrected chi connectivity index (χ4v) is 2.23. The van der Waals surface area contributed by atoms with Gasteiger partial charge in [0, 0.05) is 6.20 Å². The fourth-order valence-electron chi connectivity index (χ4n) is 2.23. The van der Waals surface area contributed by atoms with Gasteiger partial charge in [-0.1, -0.05) is 23.8 Å². The lowest BCUT2D eigenvalue weighted by atomic mass is 9.99. The van der Waals surface area contributed by atoms with Crippen LogP contribution in [-0.4, -0.2) is 14.6 Å². The highest BCUT2D eigenvalue weighted by Gasteiger charge is 2.02. The Hall–Kier alpha value is -2.16. The Bertz CT molecular complexity index is 698. The molecule has 3 aromatic rings. The van der Waals surface area contributed by atoms with Gasteiger partial charge in [0.05, 0.1) is 0 Å². The van der Waals surface area contributed by atoms with Gasteiger partial charge in [0.2, 0.25) is 0 Å². The van der Waals surface area contributed by atoms with E-state index in [1.165, 1.54) is 22.3 Å². The van der Waals surface area contributed by atoms with Crippen molar-refractivity contribution in [1.29, 1.82) is 0 Å². The minimum Gasteiger partial charge on any atom is -0.221 e. The lowest BCUT2D eigenvalue weighted by Crippen LogP contribution is -1.95. The van der Waals surface area contributed by atoms with Gasteiger partial charge in [0.1, 0.15) is 6.33 Å². The number of fused-ring (bicyclic) bond motifs is 1.